The fourth-order valence-electron chi connectivity index (χ4n) is 4.25. The third-order valence-corrected chi connectivity index (χ3v) is 6.12. The molecule has 160 valence electrons. The van der Waals surface area contributed by atoms with Crippen molar-refractivity contribution in [3.8, 4) is 0 Å². The minimum absolute atomic E-state index is 0.0976. The topological polar surface area (TPSA) is 64.3 Å². The second-order valence-corrected chi connectivity index (χ2v) is 8.26. The van der Waals surface area contributed by atoms with Crippen molar-refractivity contribution in [1.29, 1.82) is 0 Å². The Hall–Kier alpha value is -3.64. The monoisotopic (exact) mass is 445 g/mol. The largest absolute Gasteiger partial charge is 0.332 e. The number of nitrogens with zero attached hydrogens (tertiary/aromatic N) is 3. The van der Waals surface area contributed by atoms with E-state index >= 15 is 0 Å². The normalized spacial score (nSPS) is 12.8. The van der Waals surface area contributed by atoms with Crippen molar-refractivity contribution in [2.75, 3.05) is 11.4 Å². The molecule has 32 heavy (non-hydrogen) atoms. The summed E-state index contributed by atoms with van der Waals surface area (Å²) < 4.78 is 2.58. The highest BCUT2D eigenvalue weighted by Gasteiger charge is 2.25. The van der Waals surface area contributed by atoms with Crippen LogP contribution in [0, 0.1) is 0 Å². The molecule has 0 spiro atoms. The number of amides is 1. The first-order valence-corrected chi connectivity index (χ1v) is 10.8. The molecule has 0 fully saturated rings. The fourth-order valence-corrected chi connectivity index (χ4v) is 4.38. The van der Waals surface area contributed by atoms with E-state index in [9.17, 15) is 14.4 Å². The van der Waals surface area contributed by atoms with Crippen LogP contribution in [0.15, 0.2) is 82.4 Å². The summed E-state index contributed by atoms with van der Waals surface area (Å²) >= 11 is 5.96. The highest BCUT2D eigenvalue weighted by Crippen LogP contribution is 2.27. The number of benzene rings is 3. The zero-order chi connectivity index (χ0) is 22.2. The van der Waals surface area contributed by atoms with E-state index < -0.39 is 5.69 Å². The zero-order valence-electron chi connectivity index (χ0n) is 17.2. The minimum atomic E-state index is -0.510. The lowest BCUT2D eigenvalue weighted by atomic mass is 10.2. The van der Waals surface area contributed by atoms with Crippen LogP contribution in [0.2, 0.25) is 5.02 Å². The van der Waals surface area contributed by atoms with Gasteiger partial charge >= 0.3 is 5.69 Å². The molecule has 1 aliphatic rings. The second-order valence-electron chi connectivity index (χ2n) is 7.83. The van der Waals surface area contributed by atoms with Gasteiger partial charge in [-0.1, -0.05) is 54.1 Å². The molecule has 2 heterocycles. The van der Waals surface area contributed by atoms with Gasteiger partial charge in [0.25, 0.3) is 5.56 Å². The molecule has 0 bridgehead atoms. The van der Waals surface area contributed by atoms with E-state index in [0.29, 0.717) is 22.5 Å². The Labute approximate surface area is 188 Å². The molecule has 7 heteroatoms. The maximum Gasteiger partial charge on any atom is 0.332 e. The van der Waals surface area contributed by atoms with Gasteiger partial charge in [0.15, 0.2) is 0 Å². The molecule has 5 rings (SSSR count). The Morgan fingerprint density at radius 1 is 0.875 bits per heavy atom. The van der Waals surface area contributed by atoms with Crippen LogP contribution < -0.4 is 16.1 Å². The van der Waals surface area contributed by atoms with Gasteiger partial charge in [-0.2, -0.15) is 0 Å². The predicted molar refractivity (Wildman–Crippen MR) is 126 cm³/mol. The van der Waals surface area contributed by atoms with Crippen LogP contribution in [-0.4, -0.2) is 21.6 Å². The van der Waals surface area contributed by atoms with E-state index in [-0.39, 0.29) is 24.6 Å². The molecular weight excluding hydrogens is 426 g/mol. The first kappa shape index (κ1) is 20.3. The third-order valence-electron chi connectivity index (χ3n) is 5.87. The number of hydrogen-bond acceptors (Lipinski definition) is 3. The Bertz CT molecular complexity index is 1450. The summed E-state index contributed by atoms with van der Waals surface area (Å²) in [6.07, 6.45) is 0.785. The van der Waals surface area contributed by atoms with Crippen molar-refractivity contribution in [1.82, 2.24) is 9.13 Å². The number of aromatic nitrogens is 2. The summed E-state index contributed by atoms with van der Waals surface area (Å²) in [5.74, 6) is -0.182. The van der Waals surface area contributed by atoms with Crippen molar-refractivity contribution in [2.45, 2.75) is 19.5 Å². The van der Waals surface area contributed by atoms with Crippen molar-refractivity contribution in [2.24, 2.45) is 0 Å². The van der Waals surface area contributed by atoms with E-state index in [1.165, 1.54) is 9.13 Å². The maximum atomic E-state index is 13.4. The first-order valence-electron chi connectivity index (χ1n) is 10.4. The lowest BCUT2D eigenvalue weighted by Crippen LogP contribution is -2.43. The summed E-state index contributed by atoms with van der Waals surface area (Å²) in [4.78, 5) is 41.4. The van der Waals surface area contributed by atoms with Crippen LogP contribution in [0.4, 0.5) is 5.69 Å². The van der Waals surface area contributed by atoms with Gasteiger partial charge in [0, 0.05) is 17.3 Å². The van der Waals surface area contributed by atoms with Gasteiger partial charge in [0.2, 0.25) is 5.91 Å². The highest BCUT2D eigenvalue weighted by atomic mass is 35.5. The van der Waals surface area contributed by atoms with E-state index in [0.717, 1.165) is 23.2 Å². The number of carbonyl (C=O) groups excluding carboxylic acids is 1. The molecular formula is C25H20ClN3O3. The molecule has 0 radical (unpaired) electrons. The van der Waals surface area contributed by atoms with Crippen LogP contribution >= 0.6 is 11.6 Å². The zero-order valence-corrected chi connectivity index (χ0v) is 18.0. The molecule has 0 aliphatic carbocycles. The summed E-state index contributed by atoms with van der Waals surface area (Å²) in [7, 11) is 0. The molecule has 0 saturated carbocycles. The van der Waals surface area contributed by atoms with Gasteiger partial charge in [0.1, 0.15) is 6.54 Å². The molecule has 0 atom stereocenters. The van der Waals surface area contributed by atoms with E-state index in [4.69, 9.17) is 11.6 Å². The Kier molecular flexibility index (Phi) is 5.15. The maximum absolute atomic E-state index is 13.4. The molecule has 0 unspecified atom stereocenters. The van der Waals surface area contributed by atoms with Crippen LogP contribution in [0.1, 0.15) is 11.1 Å². The molecule has 0 N–H and O–H groups in total. The standard InChI is InChI=1S/C25H20ClN3O3/c26-19-11-9-17(10-12-19)15-29-24(31)20-6-2-4-8-22(20)28(25(29)32)16-23(30)27-14-13-18-5-1-3-7-21(18)27/h1-12H,13-16H2. The average Bonchev–Trinajstić information content (AvgIpc) is 3.25. The van der Waals surface area contributed by atoms with Gasteiger partial charge in [-0.25, -0.2) is 4.79 Å². The summed E-state index contributed by atoms with van der Waals surface area (Å²) in [5, 5.41) is 0.976. The fraction of sp³-hybridized carbons (Fsp3) is 0.160. The lowest BCUT2D eigenvalue weighted by Gasteiger charge is -2.19. The molecule has 1 aromatic heterocycles. The van der Waals surface area contributed by atoms with E-state index in [1.54, 1.807) is 53.4 Å². The van der Waals surface area contributed by atoms with Crippen molar-refractivity contribution in [3.63, 3.8) is 0 Å². The van der Waals surface area contributed by atoms with Gasteiger partial charge in [0.05, 0.1) is 17.4 Å². The summed E-state index contributed by atoms with van der Waals surface area (Å²) in [6.45, 7) is 0.532. The van der Waals surface area contributed by atoms with Crippen LogP contribution in [0.25, 0.3) is 10.9 Å². The molecule has 6 nitrogen and oxygen atoms in total. The van der Waals surface area contributed by atoms with E-state index in [1.807, 2.05) is 24.3 Å². The van der Waals surface area contributed by atoms with Crippen molar-refractivity contribution >= 4 is 34.1 Å². The van der Waals surface area contributed by atoms with Crippen LogP contribution in [0.3, 0.4) is 0 Å². The molecule has 1 aliphatic heterocycles. The number of hydrogen-bond donors (Lipinski definition) is 0. The molecule has 4 aromatic rings. The number of para-hydroxylation sites is 2. The SMILES string of the molecule is O=C(Cn1c(=O)n(Cc2ccc(Cl)cc2)c(=O)c2ccccc21)N1CCc2ccccc21. The first-order chi connectivity index (χ1) is 15.5. The summed E-state index contributed by atoms with van der Waals surface area (Å²) in [5.41, 5.74) is 2.33. The lowest BCUT2D eigenvalue weighted by molar-refractivity contribution is -0.119. The van der Waals surface area contributed by atoms with Crippen LogP contribution in [0.5, 0.6) is 0 Å². The quantitative estimate of drug-likeness (QED) is 0.483. The van der Waals surface area contributed by atoms with Gasteiger partial charge in [-0.3, -0.25) is 18.7 Å². The van der Waals surface area contributed by atoms with Crippen molar-refractivity contribution < 1.29 is 4.79 Å². The number of halogens is 1. The van der Waals surface area contributed by atoms with Gasteiger partial charge < -0.3 is 4.90 Å². The van der Waals surface area contributed by atoms with Crippen molar-refractivity contribution in [3.05, 3.63) is 110 Å². The van der Waals surface area contributed by atoms with Gasteiger partial charge in [-0.05, 0) is 47.9 Å². The number of anilines is 1. The van der Waals surface area contributed by atoms with E-state index in [2.05, 4.69) is 0 Å². The van der Waals surface area contributed by atoms with Gasteiger partial charge in [-0.15, -0.1) is 0 Å². The number of carbonyl (C=O) groups is 1. The Morgan fingerprint density at radius 2 is 1.59 bits per heavy atom. The number of rotatable bonds is 4. The second kappa shape index (κ2) is 8.13. The number of fused-ring (bicyclic) bond motifs is 2. The Balaban J connectivity index is 1.58. The average molecular weight is 446 g/mol. The summed E-state index contributed by atoms with van der Waals surface area (Å²) in [6, 6.07) is 21.7. The smallest absolute Gasteiger partial charge is 0.310 e. The predicted octanol–water partition coefficient (Wildman–Crippen LogP) is 3.45. The molecule has 0 saturated heterocycles. The molecule has 1 amide bonds. The minimum Gasteiger partial charge on any atom is -0.310 e. The Morgan fingerprint density at radius 3 is 2.41 bits per heavy atom. The van der Waals surface area contributed by atoms with Crippen LogP contribution in [-0.2, 0) is 24.3 Å². The third kappa shape index (κ3) is 3.52. The highest BCUT2D eigenvalue weighted by molar-refractivity contribution is 6.30. The molecule has 3 aromatic carbocycles.